The van der Waals surface area contributed by atoms with E-state index in [-0.39, 0.29) is 0 Å². The number of carbonyl (C=O) groups is 2. The van der Waals surface area contributed by atoms with Gasteiger partial charge in [0.1, 0.15) is 0 Å². The van der Waals surface area contributed by atoms with Crippen LogP contribution >= 0.6 is 0 Å². The van der Waals surface area contributed by atoms with Crippen LogP contribution in [0.4, 0.5) is 0 Å². The highest BCUT2D eigenvalue weighted by atomic mass is 16.5. The summed E-state index contributed by atoms with van der Waals surface area (Å²) in [4.78, 5) is 26.1. The number of methoxy groups -OCH3 is 1. The predicted octanol–water partition coefficient (Wildman–Crippen LogP) is 0.820. The second-order valence-electron chi connectivity index (χ2n) is 6.48. The maximum Gasteiger partial charge on any atom is 0.309 e. The summed E-state index contributed by atoms with van der Waals surface area (Å²) in [6.45, 7) is 4.79. The Morgan fingerprint density at radius 2 is 1.80 bits per heavy atom. The molecular formula is C19H29N3O3. The van der Waals surface area contributed by atoms with E-state index in [2.05, 4.69) is 15.5 Å². The third-order valence-corrected chi connectivity index (χ3v) is 4.62. The van der Waals surface area contributed by atoms with Crippen molar-refractivity contribution in [3.63, 3.8) is 0 Å². The van der Waals surface area contributed by atoms with Crippen LogP contribution in [0.1, 0.15) is 18.4 Å². The third-order valence-electron chi connectivity index (χ3n) is 4.62. The monoisotopic (exact) mass is 347 g/mol. The van der Waals surface area contributed by atoms with Crippen molar-refractivity contribution in [2.24, 2.45) is 5.92 Å². The number of carbonyl (C=O) groups excluding carboxylic acids is 2. The largest absolute Gasteiger partial charge is 0.383 e. The van der Waals surface area contributed by atoms with Crippen molar-refractivity contribution in [2.45, 2.75) is 19.3 Å². The van der Waals surface area contributed by atoms with Crippen LogP contribution in [0.3, 0.4) is 0 Å². The van der Waals surface area contributed by atoms with Crippen LogP contribution in [0.15, 0.2) is 30.3 Å². The molecule has 1 heterocycles. The number of hydrogen-bond donors (Lipinski definition) is 2. The molecule has 0 atom stereocenters. The zero-order valence-electron chi connectivity index (χ0n) is 15.0. The molecule has 0 unspecified atom stereocenters. The molecule has 0 aromatic heterocycles. The van der Waals surface area contributed by atoms with E-state index in [1.165, 1.54) is 0 Å². The molecule has 1 saturated heterocycles. The Bertz CT molecular complexity index is 528. The van der Waals surface area contributed by atoms with E-state index in [0.29, 0.717) is 19.0 Å². The van der Waals surface area contributed by atoms with Gasteiger partial charge in [-0.1, -0.05) is 30.3 Å². The van der Waals surface area contributed by atoms with Gasteiger partial charge in [0.2, 0.25) is 0 Å². The molecule has 0 radical (unpaired) electrons. The summed E-state index contributed by atoms with van der Waals surface area (Å²) in [5.41, 5.74) is 1.14. The first-order valence-corrected chi connectivity index (χ1v) is 9.00. The van der Waals surface area contributed by atoms with Crippen LogP contribution < -0.4 is 10.6 Å². The molecule has 2 N–H and O–H groups in total. The zero-order chi connectivity index (χ0) is 17.9. The first-order chi connectivity index (χ1) is 12.2. The van der Waals surface area contributed by atoms with Crippen molar-refractivity contribution in [3.8, 4) is 0 Å². The lowest BCUT2D eigenvalue weighted by Crippen LogP contribution is -2.44. The molecule has 6 heteroatoms. The maximum absolute atomic E-state index is 11.9. The number of amides is 2. The minimum Gasteiger partial charge on any atom is -0.383 e. The van der Waals surface area contributed by atoms with Gasteiger partial charge in [0.05, 0.1) is 6.61 Å². The Labute approximate surface area is 149 Å². The number of hydrogen-bond acceptors (Lipinski definition) is 4. The van der Waals surface area contributed by atoms with E-state index < -0.39 is 11.8 Å². The quantitative estimate of drug-likeness (QED) is 0.683. The van der Waals surface area contributed by atoms with Gasteiger partial charge in [0.15, 0.2) is 0 Å². The number of piperidine rings is 1. The van der Waals surface area contributed by atoms with Crippen LogP contribution in [-0.2, 0) is 20.7 Å². The lowest BCUT2D eigenvalue weighted by Gasteiger charge is -2.31. The van der Waals surface area contributed by atoms with Gasteiger partial charge in [-0.2, -0.15) is 0 Å². The highest BCUT2D eigenvalue weighted by Gasteiger charge is 2.20. The van der Waals surface area contributed by atoms with E-state index in [9.17, 15) is 9.59 Å². The molecule has 25 heavy (non-hydrogen) atoms. The molecule has 2 rings (SSSR count). The van der Waals surface area contributed by atoms with Crippen molar-refractivity contribution in [3.05, 3.63) is 35.9 Å². The van der Waals surface area contributed by atoms with Gasteiger partial charge < -0.3 is 20.3 Å². The van der Waals surface area contributed by atoms with Gasteiger partial charge in [-0.25, -0.2) is 0 Å². The third kappa shape index (κ3) is 7.23. The molecule has 138 valence electrons. The van der Waals surface area contributed by atoms with E-state index in [1.54, 1.807) is 7.11 Å². The highest BCUT2D eigenvalue weighted by molar-refractivity contribution is 6.35. The summed E-state index contributed by atoms with van der Waals surface area (Å²) >= 11 is 0. The molecule has 1 aliphatic heterocycles. The first-order valence-electron chi connectivity index (χ1n) is 9.00. The first kappa shape index (κ1) is 19.4. The van der Waals surface area contributed by atoms with Crippen LogP contribution in [-0.4, -0.2) is 63.2 Å². The van der Waals surface area contributed by atoms with Gasteiger partial charge in [-0.3, -0.25) is 9.59 Å². The molecule has 1 fully saturated rings. The lowest BCUT2D eigenvalue weighted by molar-refractivity contribution is -0.139. The number of benzene rings is 1. The van der Waals surface area contributed by atoms with Crippen LogP contribution in [0.5, 0.6) is 0 Å². The number of nitrogens with one attached hydrogen (secondary N) is 2. The van der Waals surface area contributed by atoms with Gasteiger partial charge in [-0.05, 0) is 43.8 Å². The topological polar surface area (TPSA) is 70.7 Å². The molecule has 0 saturated carbocycles. The summed E-state index contributed by atoms with van der Waals surface area (Å²) in [5, 5.41) is 5.44. The SMILES string of the molecule is COCCN1CCC(CNC(=O)C(=O)NCCc2ccccc2)CC1. The molecule has 0 bridgehead atoms. The van der Waals surface area contributed by atoms with E-state index in [1.807, 2.05) is 30.3 Å². The minimum atomic E-state index is -0.548. The average Bonchev–Trinajstić information content (AvgIpc) is 2.66. The van der Waals surface area contributed by atoms with Gasteiger partial charge in [0, 0.05) is 26.7 Å². The van der Waals surface area contributed by atoms with Crippen LogP contribution in [0, 0.1) is 5.92 Å². The fourth-order valence-electron chi connectivity index (χ4n) is 3.00. The number of ether oxygens (including phenoxy) is 1. The van der Waals surface area contributed by atoms with Gasteiger partial charge in [0.25, 0.3) is 0 Å². The maximum atomic E-state index is 11.9. The molecular weight excluding hydrogens is 318 g/mol. The van der Waals surface area contributed by atoms with Crippen molar-refractivity contribution in [2.75, 3.05) is 46.4 Å². The number of likely N-dealkylation sites (tertiary alicyclic amines) is 1. The molecule has 0 spiro atoms. The van der Waals surface area contributed by atoms with Crippen LogP contribution in [0.25, 0.3) is 0 Å². The minimum absolute atomic E-state index is 0.444. The molecule has 1 aliphatic rings. The van der Waals surface area contributed by atoms with Crippen molar-refractivity contribution in [1.29, 1.82) is 0 Å². The molecule has 6 nitrogen and oxygen atoms in total. The summed E-state index contributed by atoms with van der Waals surface area (Å²) < 4.78 is 5.09. The Morgan fingerprint density at radius 3 is 2.48 bits per heavy atom. The fourth-order valence-corrected chi connectivity index (χ4v) is 3.00. The smallest absolute Gasteiger partial charge is 0.309 e. The Balaban J connectivity index is 1.58. The van der Waals surface area contributed by atoms with Crippen LogP contribution in [0.2, 0.25) is 0 Å². The van der Waals surface area contributed by atoms with Crippen molar-refractivity contribution in [1.82, 2.24) is 15.5 Å². The molecule has 0 aliphatic carbocycles. The van der Waals surface area contributed by atoms with E-state index in [0.717, 1.165) is 51.1 Å². The van der Waals surface area contributed by atoms with E-state index >= 15 is 0 Å². The Morgan fingerprint density at radius 1 is 1.12 bits per heavy atom. The lowest BCUT2D eigenvalue weighted by atomic mass is 9.97. The Kier molecular flexibility index (Phi) is 8.42. The summed E-state index contributed by atoms with van der Waals surface area (Å²) in [7, 11) is 1.72. The zero-order valence-corrected chi connectivity index (χ0v) is 15.0. The second kappa shape index (κ2) is 10.8. The Hall–Kier alpha value is -1.92. The van der Waals surface area contributed by atoms with Gasteiger partial charge >= 0.3 is 11.8 Å². The second-order valence-corrected chi connectivity index (χ2v) is 6.48. The van der Waals surface area contributed by atoms with Gasteiger partial charge in [-0.15, -0.1) is 0 Å². The molecule has 2 amide bonds. The number of nitrogens with zero attached hydrogens (tertiary/aromatic N) is 1. The number of rotatable bonds is 8. The van der Waals surface area contributed by atoms with Crippen molar-refractivity contribution < 1.29 is 14.3 Å². The fraction of sp³-hybridized carbons (Fsp3) is 0.579. The molecule has 1 aromatic carbocycles. The standard InChI is InChI=1S/C19H29N3O3/c1-25-14-13-22-11-8-17(9-12-22)15-21-19(24)18(23)20-10-7-16-5-3-2-4-6-16/h2-6,17H,7-15H2,1H3,(H,20,23)(H,21,24). The summed E-state index contributed by atoms with van der Waals surface area (Å²) in [6, 6.07) is 9.89. The van der Waals surface area contributed by atoms with E-state index in [4.69, 9.17) is 4.74 Å². The molecule has 1 aromatic rings. The predicted molar refractivity (Wildman–Crippen MR) is 97.2 cm³/mol. The summed E-state index contributed by atoms with van der Waals surface area (Å²) in [5.74, 6) is -0.636. The normalized spacial score (nSPS) is 15.7. The summed E-state index contributed by atoms with van der Waals surface area (Å²) in [6.07, 6.45) is 2.80. The van der Waals surface area contributed by atoms with Crippen molar-refractivity contribution >= 4 is 11.8 Å². The highest BCUT2D eigenvalue weighted by Crippen LogP contribution is 2.15. The average molecular weight is 347 g/mol.